The van der Waals surface area contributed by atoms with Crippen molar-refractivity contribution >= 4 is 11.8 Å². The molecule has 19 heavy (non-hydrogen) atoms. The van der Waals surface area contributed by atoms with E-state index in [2.05, 4.69) is 9.97 Å². The first kappa shape index (κ1) is 13.5. The zero-order valence-electron chi connectivity index (χ0n) is 11.0. The van der Waals surface area contributed by atoms with Crippen LogP contribution in [0.15, 0.2) is 6.33 Å². The Hall–Kier alpha value is -1.89. The minimum atomic E-state index is -0.858. The van der Waals surface area contributed by atoms with Crippen LogP contribution in [0.25, 0.3) is 0 Å². The summed E-state index contributed by atoms with van der Waals surface area (Å²) in [5, 5.41) is 8.82. The van der Waals surface area contributed by atoms with Crippen molar-refractivity contribution in [3.05, 3.63) is 11.9 Å². The molecule has 1 atom stereocenters. The van der Waals surface area contributed by atoms with Gasteiger partial charge in [-0.2, -0.15) is 0 Å². The van der Waals surface area contributed by atoms with E-state index >= 15 is 0 Å². The highest BCUT2D eigenvalue weighted by molar-refractivity contribution is 5.67. The number of rotatable bonds is 4. The lowest BCUT2D eigenvalue weighted by molar-refractivity contribution is -0.140. The third-order valence-corrected chi connectivity index (χ3v) is 3.05. The van der Waals surface area contributed by atoms with Gasteiger partial charge < -0.3 is 19.5 Å². The maximum Gasteiger partial charge on any atom is 0.306 e. The van der Waals surface area contributed by atoms with Gasteiger partial charge in [-0.3, -0.25) is 4.79 Å². The van der Waals surface area contributed by atoms with Gasteiger partial charge in [0, 0.05) is 13.1 Å². The highest BCUT2D eigenvalue weighted by Gasteiger charge is 2.25. The normalized spacial score (nSPS) is 19.3. The summed E-state index contributed by atoms with van der Waals surface area (Å²) in [4.78, 5) is 21.0. The van der Waals surface area contributed by atoms with Gasteiger partial charge in [-0.05, 0) is 6.92 Å². The van der Waals surface area contributed by atoms with E-state index in [1.54, 1.807) is 7.11 Å². The monoisotopic (exact) mass is 267 g/mol. The fourth-order valence-corrected chi connectivity index (χ4v) is 2.18. The maximum atomic E-state index is 10.7. The molecule has 1 unspecified atom stereocenters. The van der Waals surface area contributed by atoms with Crippen molar-refractivity contribution < 1.29 is 19.4 Å². The summed E-state index contributed by atoms with van der Waals surface area (Å²) in [5.41, 5.74) is 0.848. The zero-order valence-corrected chi connectivity index (χ0v) is 11.0. The highest BCUT2D eigenvalue weighted by atomic mass is 16.5. The Balaban J connectivity index is 2.15. The number of carbonyl (C=O) groups is 1. The molecule has 7 heteroatoms. The van der Waals surface area contributed by atoms with Crippen LogP contribution in [0.3, 0.4) is 0 Å². The Bertz CT molecular complexity index is 466. The van der Waals surface area contributed by atoms with E-state index in [1.807, 2.05) is 11.8 Å². The second-order valence-corrected chi connectivity index (χ2v) is 4.37. The quantitative estimate of drug-likeness (QED) is 0.848. The van der Waals surface area contributed by atoms with E-state index in [4.69, 9.17) is 14.6 Å². The number of morpholine rings is 1. The van der Waals surface area contributed by atoms with Gasteiger partial charge in [0.05, 0.1) is 31.8 Å². The molecule has 104 valence electrons. The number of methoxy groups -OCH3 is 1. The maximum absolute atomic E-state index is 10.7. The molecule has 2 heterocycles. The predicted octanol–water partition coefficient (Wildman–Crippen LogP) is 0.474. The van der Waals surface area contributed by atoms with Gasteiger partial charge in [-0.1, -0.05) is 0 Å². The van der Waals surface area contributed by atoms with Crippen LogP contribution in [0.4, 0.5) is 5.82 Å². The first-order valence-corrected chi connectivity index (χ1v) is 6.05. The number of carboxylic acid groups (broad SMARTS) is 1. The number of hydrogen-bond donors (Lipinski definition) is 1. The molecule has 1 fully saturated rings. The van der Waals surface area contributed by atoms with Crippen LogP contribution in [0.1, 0.15) is 12.0 Å². The van der Waals surface area contributed by atoms with Gasteiger partial charge >= 0.3 is 5.97 Å². The summed E-state index contributed by atoms with van der Waals surface area (Å²) in [6.45, 7) is 3.56. The van der Waals surface area contributed by atoms with E-state index in [0.29, 0.717) is 25.6 Å². The van der Waals surface area contributed by atoms with Crippen LogP contribution >= 0.6 is 0 Å². The average molecular weight is 267 g/mol. The van der Waals surface area contributed by atoms with Crippen molar-refractivity contribution in [3.63, 3.8) is 0 Å². The number of anilines is 1. The molecule has 1 aliphatic rings. The molecule has 1 N–H and O–H groups in total. The molecule has 0 spiro atoms. The van der Waals surface area contributed by atoms with Crippen molar-refractivity contribution in [1.29, 1.82) is 0 Å². The molecule has 0 amide bonds. The molecule has 7 nitrogen and oxygen atoms in total. The molecular weight excluding hydrogens is 250 g/mol. The lowest BCUT2D eigenvalue weighted by Crippen LogP contribution is -2.44. The Kier molecular flexibility index (Phi) is 4.16. The lowest BCUT2D eigenvalue weighted by atomic mass is 10.2. The van der Waals surface area contributed by atoms with Crippen LogP contribution in [-0.2, 0) is 9.53 Å². The largest absolute Gasteiger partial charge is 0.481 e. The van der Waals surface area contributed by atoms with Crippen LogP contribution in [0.2, 0.25) is 0 Å². The molecule has 0 radical (unpaired) electrons. The van der Waals surface area contributed by atoms with Crippen molar-refractivity contribution in [2.75, 3.05) is 31.7 Å². The van der Waals surface area contributed by atoms with Crippen LogP contribution in [0.5, 0.6) is 5.88 Å². The summed E-state index contributed by atoms with van der Waals surface area (Å²) in [6.07, 6.45) is 1.13. The fourth-order valence-electron chi connectivity index (χ4n) is 2.18. The third kappa shape index (κ3) is 3.11. The molecule has 1 aromatic heterocycles. The first-order valence-electron chi connectivity index (χ1n) is 6.05. The van der Waals surface area contributed by atoms with E-state index in [9.17, 15) is 4.79 Å². The number of carboxylic acids is 1. The van der Waals surface area contributed by atoms with E-state index < -0.39 is 5.97 Å². The molecule has 0 bridgehead atoms. The molecule has 0 saturated carbocycles. The fraction of sp³-hybridized carbons (Fsp3) is 0.583. The summed E-state index contributed by atoms with van der Waals surface area (Å²) >= 11 is 0. The summed E-state index contributed by atoms with van der Waals surface area (Å²) in [5.74, 6) is 0.445. The smallest absolute Gasteiger partial charge is 0.306 e. The predicted molar refractivity (Wildman–Crippen MR) is 67.5 cm³/mol. The van der Waals surface area contributed by atoms with Gasteiger partial charge in [-0.25, -0.2) is 9.97 Å². The van der Waals surface area contributed by atoms with Crippen LogP contribution in [0, 0.1) is 6.92 Å². The molecule has 0 aromatic carbocycles. The molecule has 1 aromatic rings. The van der Waals surface area contributed by atoms with Gasteiger partial charge in [-0.15, -0.1) is 0 Å². The summed E-state index contributed by atoms with van der Waals surface area (Å²) in [7, 11) is 1.56. The minimum Gasteiger partial charge on any atom is -0.481 e. The standard InChI is InChI=1S/C12H17N3O4/c1-8-11(13-7-14-12(8)18-2)15-3-4-19-9(6-15)5-10(16)17/h7,9H,3-6H2,1-2H3,(H,16,17). The molecule has 2 rings (SSSR count). The third-order valence-electron chi connectivity index (χ3n) is 3.05. The Morgan fingerprint density at radius 3 is 3.11 bits per heavy atom. The number of aromatic nitrogens is 2. The van der Waals surface area contributed by atoms with Crippen molar-refractivity contribution in [3.8, 4) is 5.88 Å². The Labute approximate surface area is 111 Å². The van der Waals surface area contributed by atoms with Gasteiger partial charge in [0.15, 0.2) is 0 Å². The van der Waals surface area contributed by atoms with E-state index in [1.165, 1.54) is 6.33 Å². The van der Waals surface area contributed by atoms with Gasteiger partial charge in [0.2, 0.25) is 5.88 Å². The first-order chi connectivity index (χ1) is 9.11. The molecule has 1 saturated heterocycles. The van der Waals surface area contributed by atoms with Gasteiger partial charge in [0.25, 0.3) is 0 Å². The summed E-state index contributed by atoms with van der Waals surface area (Å²) in [6, 6.07) is 0. The zero-order chi connectivity index (χ0) is 13.8. The second-order valence-electron chi connectivity index (χ2n) is 4.37. The molecule has 0 aliphatic carbocycles. The molecular formula is C12H17N3O4. The number of aliphatic carboxylic acids is 1. The SMILES string of the molecule is COc1ncnc(N2CCOC(CC(=O)O)C2)c1C. The van der Waals surface area contributed by atoms with Crippen LogP contribution in [-0.4, -0.2) is 54.0 Å². The molecule has 1 aliphatic heterocycles. The van der Waals surface area contributed by atoms with E-state index in [0.717, 1.165) is 11.4 Å². The number of nitrogens with zero attached hydrogens (tertiary/aromatic N) is 3. The summed E-state index contributed by atoms with van der Waals surface area (Å²) < 4.78 is 10.6. The van der Waals surface area contributed by atoms with Crippen molar-refractivity contribution in [1.82, 2.24) is 9.97 Å². The van der Waals surface area contributed by atoms with Crippen LogP contribution < -0.4 is 9.64 Å². The lowest BCUT2D eigenvalue weighted by Gasteiger charge is -2.33. The number of ether oxygens (including phenoxy) is 2. The highest BCUT2D eigenvalue weighted by Crippen LogP contribution is 2.25. The van der Waals surface area contributed by atoms with Crippen molar-refractivity contribution in [2.45, 2.75) is 19.4 Å². The average Bonchev–Trinajstić information content (AvgIpc) is 2.38. The minimum absolute atomic E-state index is 0.00222. The van der Waals surface area contributed by atoms with Gasteiger partial charge in [0.1, 0.15) is 12.1 Å². The Morgan fingerprint density at radius 1 is 1.63 bits per heavy atom. The van der Waals surface area contributed by atoms with E-state index in [-0.39, 0.29) is 12.5 Å². The number of hydrogen-bond acceptors (Lipinski definition) is 6. The Morgan fingerprint density at radius 2 is 2.42 bits per heavy atom. The van der Waals surface area contributed by atoms with Crippen molar-refractivity contribution in [2.24, 2.45) is 0 Å². The topological polar surface area (TPSA) is 84.8 Å². The second kappa shape index (κ2) is 5.83.